The molecule has 1 heterocycles. The van der Waals surface area contributed by atoms with Crippen LogP contribution >= 0.6 is 11.6 Å². The standard InChI is InChI=1S/C15H15ClN2O3/c1-15(2,3)11-6-4-5-7-13(11)21-14-12(18(19)20)8-10(16)9-17-14/h4-9H,1-3H3. The highest BCUT2D eigenvalue weighted by Crippen LogP contribution is 2.36. The second kappa shape index (κ2) is 5.69. The zero-order valence-corrected chi connectivity index (χ0v) is 12.7. The summed E-state index contributed by atoms with van der Waals surface area (Å²) >= 11 is 5.75. The van der Waals surface area contributed by atoms with E-state index in [1.165, 1.54) is 12.3 Å². The van der Waals surface area contributed by atoms with Gasteiger partial charge in [-0.15, -0.1) is 0 Å². The van der Waals surface area contributed by atoms with Crippen molar-refractivity contribution in [3.05, 3.63) is 57.2 Å². The van der Waals surface area contributed by atoms with Gasteiger partial charge in [-0.25, -0.2) is 4.98 Å². The van der Waals surface area contributed by atoms with Crippen molar-refractivity contribution < 1.29 is 9.66 Å². The van der Waals surface area contributed by atoms with Gasteiger partial charge in [-0.05, 0) is 11.5 Å². The van der Waals surface area contributed by atoms with Crippen LogP contribution in [-0.4, -0.2) is 9.91 Å². The predicted octanol–water partition coefficient (Wildman–Crippen LogP) is 4.73. The van der Waals surface area contributed by atoms with Crippen LogP contribution < -0.4 is 4.74 Å². The third kappa shape index (κ3) is 3.49. The van der Waals surface area contributed by atoms with Crippen LogP contribution in [0.3, 0.4) is 0 Å². The molecule has 0 saturated heterocycles. The molecule has 1 aromatic carbocycles. The van der Waals surface area contributed by atoms with E-state index in [1.54, 1.807) is 6.07 Å². The number of nitro groups is 1. The summed E-state index contributed by atoms with van der Waals surface area (Å²) in [4.78, 5) is 14.4. The summed E-state index contributed by atoms with van der Waals surface area (Å²) in [6.07, 6.45) is 1.32. The van der Waals surface area contributed by atoms with Gasteiger partial charge in [-0.2, -0.15) is 0 Å². The summed E-state index contributed by atoms with van der Waals surface area (Å²) < 4.78 is 5.67. The molecule has 0 N–H and O–H groups in total. The van der Waals surface area contributed by atoms with Gasteiger partial charge in [0.1, 0.15) is 5.75 Å². The van der Waals surface area contributed by atoms with Crippen molar-refractivity contribution in [3.63, 3.8) is 0 Å². The van der Waals surface area contributed by atoms with E-state index in [2.05, 4.69) is 4.98 Å². The zero-order chi connectivity index (χ0) is 15.6. The molecule has 0 saturated carbocycles. The number of hydrogen-bond acceptors (Lipinski definition) is 4. The number of aromatic nitrogens is 1. The Hall–Kier alpha value is -2.14. The summed E-state index contributed by atoms with van der Waals surface area (Å²) in [7, 11) is 0. The van der Waals surface area contributed by atoms with Crippen molar-refractivity contribution in [2.75, 3.05) is 0 Å². The molecule has 0 aliphatic rings. The van der Waals surface area contributed by atoms with Gasteiger partial charge in [0.2, 0.25) is 0 Å². The average molecular weight is 307 g/mol. The fourth-order valence-corrected chi connectivity index (χ4v) is 2.06. The summed E-state index contributed by atoms with van der Waals surface area (Å²) in [5, 5.41) is 11.3. The number of benzene rings is 1. The minimum Gasteiger partial charge on any atom is -0.433 e. The Morgan fingerprint density at radius 2 is 1.95 bits per heavy atom. The molecule has 1 aromatic heterocycles. The van der Waals surface area contributed by atoms with E-state index in [4.69, 9.17) is 16.3 Å². The molecule has 0 radical (unpaired) electrons. The van der Waals surface area contributed by atoms with Crippen LogP contribution in [0, 0.1) is 10.1 Å². The average Bonchev–Trinajstić information content (AvgIpc) is 2.40. The molecule has 2 rings (SSSR count). The van der Waals surface area contributed by atoms with Gasteiger partial charge >= 0.3 is 5.69 Å². The maximum Gasteiger partial charge on any atom is 0.332 e. The second-order valence-electron chi connectivity index (χ2n) is 5.58. The van der Waals surface area contributed by atoms with Crippen molar-refractivity contribution in [2.45, 2.75) is 26.2 Å². The lowest BCUT2D eigenvalue weighted by Gasteiger charge is -2.22. The highest BCUT2D eigenvalue weighted by Gasteiger charge is 2.23. The molecule has 0 bridgehead atoms. The minimum atomic E-state index is -0.562. The molecule has 21 heavy (non-hydrogen) atoms. The maximum absolute atomic E-state index is 11.1. The molecule has 0 amide bonds. The number of ether oxygens (including phenoxy) is 1. The molecular weight excluding hydrogens is 292 g/mol. The molecule has 0 unspecified atom stereocenters. The third-order valence-corrected chi connectivity index (χ3v) is 3.10. The normalized spacial score (nSPS) is 11.2. The number of nitrogens with zero attached hydrogens (tertiary/aromatic N) is 2. The van der Waals surface area contributed by atoms with Crippen LogP contribution in [0.25, 0.3) is 0 Å². The van der Waals surface area contributed by atoms with E-state index in [0.29, 0.717) is 5.75 Å². The van der Waals surface area contributed by atoms with Gasteiger partial charge in [-0.3, -0.25) is 10.1 Å². The Labute approximate surface area is 127 Å². The quantitative estimate of drug-likeness (QED) is 0.607. The Balaban J connectivity index is 2.47. The van der Waals surface area contributed by atoms with Crippen molar-refractivity contribution in [1.29, 1.82) is 0 Å². The van der Waals surface area contributed by atoms with Gasteiger partial charge in [0.15, 0.2) is 0 Å². The van der Waals surface area contributed by atoms with E-state index in [-0.39, 0.29) is 22.0 Å². The lowest BCUT2D eigenvalue weighted by atomic mass is 9.86. The Bertz CT molecular complexity index is 681. The summed E-state index contributed by atoms with van der Waals surface area (Å²) in [5.74, 6) is 0.476. The largest absolute Gasteiger partial charge is 0.433 e. The van der Waals surface area contributed by atoms with Gasteiger partial charge in [0.05, 0.1) is 16.1 Å². The first-order valence-corrected chi connectivity index (χ1v) is 6.74. The monoisotopic (exact) mass is 306 g/mol. The molecule has 2 aromatic rings. The molecule has 0 atom stereocenters. The molecule has 0 aliphatic carbocycles. The molecule has 0 aliphatic heterocycles. The molecule has 0 spiro atoms. The maximum atomic E-state index is 11.1. The van der Waals surface area contributed by atoms with Crippen LogP contribution in [-0.2, 0) is 5.41 Å². The first-order valence-electron chi connectivity index (χ1n) is 6.36. The number of hydrogen-bond donors (Lipinski definition) is 0. The van der Waals surface area contributed by atoms with Gasteiger partial charge in [0, 0.05) is 11.6 Å². The number of para-hydroxylation sites is 1. The number of pyridine rings is 1. The van der Waals surface area contributed by atoms with E-state index >= 15 is 0 Å². The molecule has 5 nitrogen and oxygen atoms in total. The fraction of sp³-hybridized carbons (Fsp3) is 0.267. The minimum absolute atomic E-state index is 0.0684. The van der Waals surface area contributed by atoms with E-state index in [0.717, 1.165) is 5.56 Å². The summed E-state index contributed by atoms with van der Waals surface area (Å²) in [5.41, 5.74) is 0.528. The Kier molecular flexibility index (Phi) is 4.14. The van der Waals surface area contributed by atoms with Crippen molar-refractivity contribution in [2.24, 2.45) is 0 Å². The number of halogens is 1. The van der Waals surface area contributed by atoms with Crippen molar-refractivity contribution >= 4 is 17.3 Å². The fourth-order valence-electron chi connectivity index (χ4n) is 1.90. The smallest absolute Gasteiger partial charge is 0.332 e. The number of rotatable bonds is 3. The van der Waals surface area contributed by atoms with Gasteiger partial charge in [0.25, 0.3) is 5.88 Å². The molecule has 110 valence electrons. The highest BCUT2D eigenvalue weighted by molar-refractivity contribution is 6.30. The van der Waals surface area contributed by atoms with Gasteiger partial charge < -0.3 is 4.74 Å². The van der Waals surface area contributed by atoms with E-state index in [9.17, 15) is 10.1 Å². The molecule has 6 heteroatoms. The topological polar surface area (TPSA) is 65.3 Å². The first-order chi connectivity index (χ1) is 9.79. The van der Waals surface area contributed by atoms with E-state index < -0.39 is 4.92 Å². The van der Waals surface area contributed by atoms with Crippen LogP contribution in [0.2, 0.25) is 5.02 Å². The SMILES string of the molecule is CC(C)(C)c1ccccc1Oc1ncc(Cl)cc1[N+](=O)[O-]. The van der Waals surface area contributed by atoms with Crippen molar-refractivity contribution in [3.8, 4) is 11.6 Å². The van der Waals surface area contributed by atoms with Crippen molar-refractivity contribution in [1.82, 2.24) is 4.98 Å². The van der Waals surface area contributed by atoms with Gasteiger partial charge in [-0.1, -0.05) is 50.6 Å². The van der Waals surface area contributed by atoms with Crippen LogP contribution in [0.1, 0.15) is 26.3 Å². The highest BCUT2D eigenvalue weighted by atomic mass is 35.5. The summed E-state index contributed by atoms with van der Waals surface area (Å²) in [6, 6.07) is 8.63. The summed E-state index contributed by atoms with van der Waals surface area (Å²) in [6.45, 7) is 6.12. The second-order valence-corrected chi connectivity index (χ2v) is 6.02. The van der Waals surface area contributed by atoms with E-state index in [1.807, 2.05) is 39.0 Å². The molecular formula is C15H15ClN2O3. The Morgan fingerprint density at radius 1 is 1.29 bits per heavy atom. The van der Waals surface area contributed by atoms with Crippen LogP contribution in [0.15, 0.2) is 36.5 Å². The lowest BCUT2D eigenvalue weighted by Crippen LogP contribution is -2.12. The van der Waals surface area contributed by atoms with Crippen LogP contribution in [0.4, 0.5) is 5.69 Å². The third-order valence-electron chi connectivity index (χ3n) is 2.90. The first kappa shape index (κ1) is 15.3. The zero-order valence-electron chi connectivity index (χ0n) is 12.0. The van der Waals surface area contributed by atoms with Crippen LogP contribution in [0.5, 0.6) is 11.6 Å². The predicted molar refractivity (Wildman–Crippen MR) is 81.1 cm³/mol. The molecule has 0 fully saturated rings. The Morgan fingerprint density at radius 3 is 2.57 bits per heavy atom. The lowest BCUT2D eigenvalue weighted by molar-refractivity contribution is -0.386.